The first-order valence-electron chi connectivity index (χ1n) is 6.13. The number of thiazole rings is 1. The zero-order valence-electron chi connectivity index (χ0n) is 9.95. The summed E-state index contributed by atoms with van der Waals surface area (Å²) in [4.78, 5) is 9.97. The Morgan fingerprint density at radius 2 is 2.32 bits per heavy atom. The largest absolute Gasteiger partial charge is 0.300 e. The highest BCUT2D eigenvalue weighted by Crippen LogP contribution is 2.34. The van der Waals surface area contributed by atoms with Gasteiger partial charge in [0.2, 0.25) is 5.52 Å². The topological polar surface area (TPSA) is 34.1 Å². The molecule has 0 aromatic carbocycles. The molecule has 0 saturated carbocycles. The fraction of sp³-hybridized carbons (Fsp3) is 0.0714. The van der Waals surface area contributed by atoms with Crippen molar-refractivity contribution >= 4 is 27.2 Å². The van der Waals surface area contributed by atoms with Crippen molar-refractivity contribution < 1.29 is 4.57 Å². The van der Waals surface area contributed by atoms with E-state index in [4.69, 9.17) is 0 Å². The minimum atomic E-state index is 0.919. The molecule has 0 aliphatic carbocycles. The summed E-state index contributed by atoms with van der Waals surface area (Å²) in [5, 5.41) is 1.26. The lowest BCUT2D eigenvalue weighted by atomic mass is 10.2. The van der Waals surface area contributed by atoms with Gasteiger partial charge in [-0.15, -0.1) is 0 Å². The van der Waals surface area contributed by atoms with Gasteiger partial charge in [-0.05, 0) is 23.5 Å². The van der Waals surface area contributed by atoms with Crippen LogP contribution in [0.25, 0.3) is 26.6 Å². The summed E-state index contributed by atoms with van der Waals surface area (Å²) < 4.78 is 4.55. The van der Waals surface area contributed by atoms with E-state index in [9.17, 15) is 0 Å². The van der Waals surface area contributed by atoms with Gasteiger partial charge in [-0.3, -0.25) is 9.38 Å². The van der Waals surface area contributed by atoms with Gasteiger partial charge in [0.1, 0.15) is 0 Å². The standard InChI is InChI=1S/C14H9N4S/c1-2-9-8-18-11-6-10-7-15-4-5-17(10)13(11)19-14(18)12(9)16-3-1/h1-7H,8H2/q+1. The molecule has 1 aliphatic rings. The number of aromatic nitrogens is 4. The normalized spacial score (nSPS) is 13.1. The Labute approximate surface area is 112 Å². The van der Waals surface area contributed by atoms with Gasteiger partial charge in [-0.25, -0.2) is 4.98 Å². The predicted molar refractivity (Wildman–Crippen MR) is 73.1 cm³/mol. The van der Waals surface area contributed by atoms with Gasteiger partial charge >= 0.3 is 0 Å². The molecule has 0 unspecified atom stereocenters. The maximum absolute atomic E-state index is 4.52. The van der Waals surface area contributed by atoms with Crippen LogP contribution in [0.4, 0.5) is 0 Å². The first-order chi connectivity index (χ1) is 9.42. The summed E-state index contributed by atoms with van der Waals surface area (Å²) in [5.41, 5.74) is 4.85. The molecule has 90 valence electrons. The number of nitrogens with zero attached hydrogens (tertiary/aromatic N) is 4. The number of hydrogen-bond acceptors (Lipinski definition) is 3. The molecule has 0 amide bonds. The zero-order valence-corrected chi connectivity index (χ0v) is 10.8. The Kier molecular flexibility index (Phi) is 1.62. The van der Waals surface area contributed by atoms with Crippen LogP contribution in [0, 0.1) is 0 Å². The summed E-state index contributed by atoms with van der Waals surface area (Å²) in [6.07, 6.45) is 7.62. The van der Waals surface area contributed by atoms with Crippen molar-refractivity contribution in [2.45, 2.75) is 6.54 Å². The Morgan fingerprint density at radius 1 is 1.32 bits per heavy atom. The molecule has 0 spiro atoms. The predicted octanol–water partition coefficient (Wildman–Crippen LogP) is 2.26. The molecule has 5 heterocycles. The second-order valence-electron chi connectivity index (χ2n) is 4.71. The smallest absolute Gasteiger partial charge is 0.291 e. The quantitative estimate of drug-likeness (QED) is 0.402. The molecule has 19 heavy (non-hydrogen) atoms. The zero-order chi connectivity index (χ0) is 12.4. The lowest BCUT2D eigenvalue weighted by molar-refractivity contribution is -0.641. The van der Waals surface area contributed by atoms with Crippen LogP contribution in [0.15, 0.2) is 43.0 Å². The van der Waals surface area contributed by atoms with Crippen molar-refractivity contribution in [3.63, 3.8) is 0 Å². The molecule has 5 heteroatoms. The van der Waals surface area contributed by atoms with Gasteiger partial charge in [0.05, 0.1) is 17.3 Å². The van der Waals surface area contributed by atoms with Crippen LogP contribution in [-0.2, 0) is 6.54 Å². The Bertz CT molecular complexity index is 951. The van der Waals surface area contributed by atoms with E-state index in [1.807, 2.05) is 30.9 Å². The monoisotopic (exact) mass is 265 g/mol. The molecule has 4 nitrogen and oxygen atoms in total. The van der Waals surface area contributed by atoms with Gasteiger partial charge in [0.25, 0.3) is 5.01 Å². The van der Waals surface area contributed by atoms with Crippen LogP contribution < -0.4 is 4.57 Å². The molecule has 0 atom stereocenters. The summed E-state index contributed by atoms with van der Waals surface area (Å²) in [7, 11) is 0. The van der Waals surface area contributed by atoms with Crippen molar-refractivity contribution in [3.8, 4) is 10.7 Å². The van der Waals surface area contributed by atoms with Crippen molar-refractivity contribution in [2.24, 2.45) is 0 Å². The van der Waals surface area contributed by atoms with Crippen molar-refractivity contribution in [1.82, 2.24) is 14.4 Å². The van der Waals surface area contributed by atoms with E-state index in [0.717, 1.165) is 17.8 Å². The SMILES string of the molecule is c1cnc2c(c1)C[n+]1c-2sc2c1cc1cnccn12. The van der Waals surface area contributed by atoms with Crippen LogP contribution in [0.5, 0.6) is 0 Å². The number of hydrogen-bond donors (Lipinski definition) is 0. The maximum Gasteiger partial charge on any atom is 0.291 e. The lowest BCUT2D eigenvalue weighted by Crippen LogP contribution is -2.29. The van der Waals surface area contributed by atoms with Gasteiger partial charge in [0.15, 0.2) is 17.1 Å². The van der Waals surface area contributed by atoms with Crippen molar-refractivity contribution in [3.05, 3.63) is 48.5 Å². The van der Waals surface area contributed by atoms with Crippen molar-refractivity contribution in [2.75, 3.05) is 0 Å². The molecule has 1 aliphatic heterocycles. The fourth-order valence-electron chi connectivity index (χ4n) is 2.80. The molecule has 0 saturated heterocycles. The minimum Gasteiger partial charge on any atom is -0.300 e. The third-order valence-corrected chi connectivity index (χ3v) is 4.87. The van der Waals surface area contributed by atoms with Crippen molar-refractivity contribution in [1.29, 1.82) is 0 Å². The fourth-order valence-corrected chi connectivity index (χ4v) is 4.08. The Hall–Kier alpha value is -2.27. The summed E-state index contributed by atoms with van der Waals surface area (Å²) in [6, 6.07) is 6.37. The highest BCUT2D eigenvalue weighted by atomic mass is 32.1. The van der Waals surface area contributed by atoms with E-state index in [0.29, 0.717) is 0 Å². The van der Waals surface area contributed by atoms with E-state index in [2.05, 4.69) is 31.1 Å². The van der Waals surface area contributed by atoms with Gasteiger partial charge in [-0.1, -0.05) is 0 Å². The molecule has 5 rings (SSSR count). The average Bonchev–Trinajstić information content (AvgIpc) is 3.07. The maximum atomic E-state index is 4.52. The number of pyridine rings is 1. The highest BCUT2D eigenvalue weighted by Gasteiger charge is 2.33. The molecular formula is C14H9N4S+. The molecular weight excluding hydrogens is 256 g/mol. The third-order valence-electron chi connectivity index (χ3n) is 3.66. The second-order valence-corrected chi connectivity index (χ2v) is 5.69. The van der Waals surface area contributed by atoms with Crippen LogP contribution in [-0.4, -0.2) is 14.4 Å². The summed E-state index contributed by atoms with van der Waals surface area (Å²) >= 11 is 1.80. The third kappa shape index (κ3) is 1.11. The first-order valence-corrected chi connectivity index (χ1v) is 6.95. The lowest BCUT2D eigenvalue weighted by Gasteiger charge is -1.91. The highest BCUT2D eigenvalue weighted by molar-refractivity contribution is 7.20. The summed E-state index contributed by atoms with van der Waals surface area (Å²) in [6.45, 7) is 0.919. The van der Waals surface area contributed by atoms with Crippen LogP contribution in [0.1, 0.15) is 5.56 Å². The molecule has 0 radical (unpaired) electrons. The minimum absolute atomic E-state index is 0.919. The molecule has 0 fully saturated rings. The van der Waals surface area contributed by atoms with E-state index in [1.54, 1.807) is 11.3 Å². The Balaban J connectivity index is 1.93. The van der Waals surface area contributed by atoms with E-state index < -0.39 is 0 Å². The van der Waals surface area contributed by atoms with E-state index >= 15 is 0 Å². The number of fused-ring (bicyclic) bond motifs is 7. The Morgan fingerprint density at radius 3 is 3.32 bits per heavy atom. The van der Waals surface area contributed by atoms with Gasteiger partial charge in [0, 0.05) is 24.7 Å². The second kappa shape index (κ2) is 3.19. The molecule has 0 bridgehead atoms. The van der Waals surface area contributed by atoms with Gasteiger partial charge < -0.3 is 0 Å². The van der Waals surface area contributed by atoms with Gasteiger partial charge in [-0.2, -0.15) is 4.57 Å². The first kappa shape index (κ1) is 9.63. The number of rotatable bonds is 0. The molecule has 4 aromatic heterocycles. The average molecular weight is 265 g/mol. The molecule has 0 N–H and O–H groups in total. The van der Waals surface area contributed by atoms with Crippen LogP contribution in [0.2, 0.25) is 0 Å². The summed E-state index contributed by atoms with van der Waals surface area (Å²) in [5.74, 6) is 0. The van der Waals surface area contributed by atoms with E-state index in [1.165, 1.54) is 20.9 Å². The van der Waals surface area contributed by atoms with Crippen LogP contribution in [0.3, 0.4) is 0 Å². The van der Waals surface area contributed by atoms with E-state index in [-0.39, 0.29) is 0 Å². The van der Waals surface area contributed by atoms with Crippen LogP contribution >= 0.6 is 11.3 Å². The molecule has 4 aromatic rings.